The van der Waals surface area contributed by atoms with Crippen molar-refractivity contribution in [2.75, 3.05) is 43.5 Å². The predicted molar refractivity (Wildman–Crippen MR) is 127 cm³/mol. The lowest BCUT2D eigenvalue weighted by Crippen LogP contribution is -2.48. The molecule has 0 aromatic heterocycles. The van der Waals surface area contributed by atoms with E-state index >= 15 is 0 Å². The first-order valence-electron chi connectivity index (χ1n) is 10.4. The summed E-state index contributed by atoms with van der Waals surface area (Å²) < 4.78 is 5.26. The fourth-order valence-electron chi connectivity index (χ4n) is 3.73. The monoisotopic (exact) mass is 449 g/mol. The number of hydrogen-bond acceptors (Lipinski definition) is 4. The molecule has 164 valence electrons. The van der Waals surface area contributed by atoms with Gasteiger partial charge in [-0.1, -0.05) is 23.7 Å². The van der Waals surface area contributed by atoms with E-state index in [0.29, 0.717) is 40.7 Å². The van der Waals surface area contributed by atoms with E-state index in [2.05, 4.69) is 10.2 Å². The normalized spacial score (nSPS) is 13.6. The summed E-state index contributed by atoms with van der Waals surface area (Å²) in [5.41, 5.74) is 2.90. The van der Waals surface area contributed by atoms with Crippen molar-refractivity contribution in [2.45, 2.75) is 0 Å². The number of rotatable bonds is 5. The Morgan fingerprint density at radius 1 is 0.875 bits per heavy atom. The second-order valence-electron chi connectivity index (χ2n) is 7.49. The lowest BCUT2D eigenvalue weighted by atomic mass is 10.1. The van der Waals surface area contributed by atoms with Crippen LogP contribution in [0.2, 0.25) is 5.02 Å². The molecule has 3 aromatic rings. The van der Waals surface area contributed by atoms with E-state index in [1.54, 1.807) is 49.6 Å². The molecular formula is C25H24ClN3O3. The van der Waals surface area contributed by atoms with Crippen LogP contribution in [0.5, 0.6) is 5.75 Å². The molecule has 0 atom stereocenters. The summed E-state index contributed by atoms with van der Waals surface area (Å²) in [5, 5.41) is 3.53. The van der Waals surface area contributed by atoms with Crippen LogP contribution in [0.1, 0.15) is 20.7 Å². The highest BCUT2D eigenvalue weighted by Gasteiger charge is 2.22. The second kappa shape index (κ2) is 9.75. The van der Waals surface area contributed by atoms with Crippen LogP contribution >= 0.6 is 11.6 Å². The molecule has 1 heterocycles. The summed E-state index contributed by atoms with van der Waals surface area (Å²) in [4.78, 5) is 29.3. The minimum atomic E-state index is -0.218. The molecule has 7 heteroatoms. The molecule has 0 unspecified atom stereocenters. The third kappa shape index (κ3) is 4.86. The Morgan fingerprint density at radius 3 is 2.19 bits per heavy atom. The van der Waals surface area contributed by atoms with Gasteiger partial charge in [0.25, 0.3) is 11.8 Å². The zero-order chi connectivity index (χ0) is 22.5. The van der Waals surface area contributed by atoms with E-state index in [4.69, 9.17) is 16.3 Å². The van der Waals surface area contributed by atoms with Gasteiger partial charge in [0.2, 0.25) is 0 Å². The van der Waals surface area contributed by atoms with Crippen LogP contribution in [0.4, 0.5) is 11.4 Å². The van der Waals surface area contributed by atoms with E-state index < -0.39 is 0 Å². The number of nitrogens with zero attached hydrogens (tertiary/aromatic N) is 2. The van der Waals surface area contributed by atoms with E-state index in [0.717, 1.165) is 18.8 Å². The van der Waals surface area contributed by atoms with Gasteiger partial charge in [-0.05, 0) is 60.7 Å². The number of amides is 2. The zero-order valence-corrected chi connectivity index (χ0v) is 18.5. The van der Waals surface area contributed by atoms with Crippen LogP contribution in [0, 0.1) is 0 Å². The van der Waals surface area contributed by atoms with Crippen molar-refractivity contribution < 1.29 is 14.3 Å². The Hall–Kier alpha value is -3.51. The highest BCUT2D eigenvalue weighted by Crippen LogP contribution is 2.23. The van der Waals surface area contributed by atoms with Gasteiger partial charge in [0.15, 0.2) is 0 Å². The van der Waals surface area contributed by atoms with Crippen molar-refractivity contribution in [1.82, 2.24) is 4.90 Å². The predicted octanol–water partition coefficient (Wildman–Crippen LogP) is 4.56. The molecule has 1 aliphatic rings. The molecule has 4 rings (SSSR count). The van der Waals surface area contributed by atoms with Crippen LogP contribution in [0.3, 0.4) is 0 Å². The van der Waals surface area contributed by atoms with Crippen LogP contribution in [0.25, 0.3) is 0 Å². The van der Waals surface area contributed by atoms with Crippen molar-refractivity contribution in [3.8, 4) is 5.75 Å². The average molecular weight is 450 g/mol. The van der Waals surface area contributed by atoms with E-state index in [9.17, 15) is 9.59 Å². The first-order valence-corrected chi connectivity index (χ1v) is 10.8. The maximum absolute atomic E-state index is 12.7. The van der Waals surface area contributed by atoms with Gasteiger partial charge in [-0.3, -0.25) is 9.59 Å². The molecular weight excluding hydrogens is 426 g/mol. The van der Waals surface area contributed by atoms with Gasteiger partial charge in [0.05, 0.1) is 12.7 Å². The number of halogens is 1. The van der Waals surface area contributed by atoms with Crippen LogP contribution in [-0.4, -0.2) is 50.0 Å². The van der Waals surface area contributed by atoms with Gasteiger partial charge in [-0.25, -0.2) is 0 Å². The first kappa shape index (κ1) is 21.7. The molecule has 0 bridgehead atoms. The van der Waals surface area contributed by atoms with Gasteiger partial charge >= 0.3 is 0 Å². The van der Waals surface area contributed by atoms with Gasteiger partial charge < -0.3 is 19.9 Å². The van der Waals surface area contributed by atoms with Gasteiger partial charge in [0, 0.05) is 48.1 Å². The largest absolute Gasteiger partial charge is 0.496 e. The molecule has 1 aliphatic heterocycles. The minimum absolute atomic E-state index is 0.0238. The topological polar surface area (TPSA) is 61.9 Å². The number of nitrogens with one attached hydrogen (secondary N) is 1. The Balaban J connectivity index is 1.34. The summed E-state index contributed by atoms with van der Waals surface area (Å²) in [5.74, 6) is 0.341. The average Bonchev–Trinajstić information content (AvgIpc) is 2.84. The molecule has 3 aromatic carbocycles. The Bertz CT molecular complexity index is 1090. The van der Waals surface area contributed by atoms with E-state index in [1.807, 2.05) is 35.2 Å². The number of benzene rings is 3. The number of hydrogen-bond donors (Lipinski definition) is 1. The molecule has 1 fully saturated rings. The van der Waals surface area contributed by atoms with Crippen molar-refractivity contribution in [2.24, 2.45) is 0 Å². The Morgan fingerprint density at radius 2 is 1.53 bits per heavy atom. The third-order valence-corrected chi connectivity index (χ3v) is 5.75. The first-order chi connectivity index (χ1) is 15.5. The summed E-state index contributed by atoms with van der Waals surface area (Å²) in [6, 6.07) is 21.8. The van der Waals surface area contributed by atoms with Crippen LogP contribution in [-0.2, 0) is 0 Å². The minimum Gasteiger partial charge on any atom is -0.496 e. The number of carbonyl (C=O) groups is 2. The maximum atomic E-state index is 12.7. The number of methoxy groups -OCH3 is 1. The fraction of sp³-hybridized carbons (Fsp3) is 0.200. The number of ether oxygens (including phenoxy) is 1. The molecule has 32 heavy (non-hydrogen) atoms. The summed E-state index contributed by atoms with van der Waals surface area (Å²) in [6.45, 7) is 2.78. The Kier molecular flexibility index (Phi) is 6.61. The SMILES string of the molecule is COc1ccccc1C(=O)Nc1ccc(N2CCN(C(=O)c3ccc(Cl)cc3)CC2)cc1. The molecule has 0 radical (unpaired) electrons. The number of anilines is 2. The van der Waals surface area contributed by atoms with E-state index in [-0.39, 0.29) is 11.8 Å². The van der Waals surface area contributed by atoms with Crippen molar-refractivity contribution in [3.05, 3.63) is 88.9 Å². The fourth-order valence-corrected chi connectivity index (χ4v) is 3.86. The molecule has 0 aliphatic carbocycles. The van der Waals surface area contributed by atoms with Crippen LogP contribution in [0.15, 0.2) is 72.8 Å². The van der Waals surface area contributed by atoms with Crippen molar-refractivity contribution in [3.63, 3.8) is 0 Å². The highest BCUT2D eigenvalue weighted by atomic mass is 35.5. The molecule has 6 nitrogen and oxygen atoms in total. The highest BCUT2D eigenvalue weighted by molar-refractivity contribution is 6.30. The lowest BCUT2D eigenvalue weighted by Gasteiger charge is -2.36. The van der Waals surface area contributed by atoms with Gasteiger partial charge in [-0.15, -0.1) is 0 Å². The molecule has 2 amide bonds. The quantitative estimate of drug-likeness (QED) is 0.620. The standard InChI is InChI=1S/C25H24ClN3O3/c1-32-23-5-3-2-4-22(23)24(30)27-20-10-12-21(13-11-20)28-14-16-29(17-15-28)25(31)18-6-8-19(26)9-7-18/h2-13H,14-17H2,1H3,(H,27,30). The smallest absolute Gasteiger partial charge is 0.259 e. The van der Waals surface area contributed by atoms with Crippen LogP contribution < -0.4 is 15.0 Å². The summed E-state index contributed by atoms with van der Waals surface area (Å²) >= 11 is 5.91. The Labute approximate surface area is 192 Å². The molecule has 1 saturated heterocycles. The molecule has 1 N–H and O–H groups in total. The summed E-state index contributed by atoms with van der Waals surface area (Å²) in [6.07, 6.45) is 0. The van der Waals surface area contributed by atoms with E-state index in [1.165, 1.54) is 0 Å². The molecule has 0 spiro atoms. The zero-order valence-electron chi connectivity index (χ0n) is 17.8. The number of carbonyl (C=O) groups excluding carboxylic acids is 2. The molecule has 0 saturated carbocycles. The van der Waals surface area contributed by atoms with Gasteiger partial charge in [-0.2, -0.15) is 0 Å². The number of para-hydroxylation sites is 1. The maximum Gasteiger partial charge on any atom is 0.259 e. The second-order valence-corrected chi connectivity index (χ2v) is 7.92. The van der Waals surface area contributed by atoms with Crippen molar-refractivity contribution in [1.29, 1.82) is 0 Å². The van der Waals surface area contributed by atoms with Crippen molar-refractivity contribution >= 4 is 34.8 Å². The third-order valence-electron chi connectivity index (χ3n) is 5.50. The number of piperazine rings is 1. The lowest BCUT2D eigenvalue weighted by molar-refractivity contribution is 0.0746. The summed E-state index contributed by atoms with van der Waals surface area (Å²) in [7, 11) is 1.55. The van der Waals surface area contributed by atoms with Gasteiger partial charge in [0.1, 0.15) is 5.75 Å².